The van der Waals surface area contributed by atoms with Gasteiger partial charge in [0.2, 0.25) is 0 Å². The van der Waals surface area contributed by atoms with Gasteiger partial charge in [-0.1, -0.05) is 12.2 Å². The number of ether oxygens (including phenoxy) is 1. The molecule has 1 rings (SSSR count). The first kappa shape index (κ1) is 10.0. The van der Waals surface area contributed by atoms with E-state index < -0.39 is 0 Å². The number of nitrogens with zero attached hydrogens (tertiary/aromatic N) is 1. The Morgan fingerprint density at radius 2 is 2.42 bits per heavy atom. The third-order valence-electron chi connectivity index (χ3n) is 2.18. The van der Waals surface area contributed by atoms with Gasteiger partial charge in [0, 0.05) is 32.6 Å². The van der Waals surface area contributed by atoms with E-state index in [0.29, 0.717) is 12.0 Å². The fourth-order valence-electron chi connectivity index (χ4n) is 1.44. The minimum absolute atomic E-state index is 0.439. The molecule has 0 bridgehead atoms. The topological polar surface area (TPSA) is 12.5 Å². The van der Waals surface area contributed by atoms with Crippen LogP contribution in [0.4, 0.5) is 0 Å². The van der Waals surface area contributed by atoms with Crippen molar-refractivity contribution in [2.24, 2.45) is 0 Å². The van der Waals surface area contributed by atoms with E-state index in [1.807, 2.05) is 6.08 Å². The summed E-state index contributed by atoms with van der Waals surface area (Å²) in [4.78, 5) is 2.37. The molecule has 1 unspecified atom stereocenters. The predicted octanol–water partition coefficient (Wildman–Crippen LogP) is 1.50. The quantitative estimate of drug-likeness (QED) is 0.491. The van der Waals surface area contributed by atoms with Crippen molar-refractivity contribution < 1.29 is 4.74 Å². The van der Waals surface area contributed by atoms with E-state index in [1.54, 1.807) is 7.11 Å². The van der Waals surface area contributed by atoms with Crippen molar-refractivity contribution >= 4 is 11.6 Å². The summed E-state index contributed by atoms with van der Waals surface area (Å²) in [6.45, 7) is 3.21. The van der Waals surface area contributed by atoms with Crippen molar-refractivity contribution in [3.05, 3.63) is 12.2 Å². The molecule has 70 valence electrons. The molecule has 2 nitrogen and oxygen atoms in total. The molecule has 0 spiro atoms. The van der Waals surface area contributed by atoms with E-state index in [-0.39, 0.29) is 0 Å². The molecule has 0 aromatic carbocycles. The van der Waals surface area contributed by atoms with E-state index in [4.69, 9.17) is 16.3 Å². The molecule has 1 aliphatic heterocycles. The van der Waals surface area contributed by atoms with Crippen LogP contribution in [-0.2, 0) is 4.74 Å². The molecule has 0 amide bonds. The Hall–Kier alpha value is -0.0500. The molecular weight excluding hydrogens is 174 g/mol. The Morgan fingerprint density at radius 1 is 1.58 bits per heavy atom. The van der Waals surface area contributed by atoms with Gasteiger partial charge in [0.15, 0.2) is 0 Å². The second kappa shape index (κ2) is 5.57. The first-order valence-electron chi connectivity index (χ1n) is 4.33. The summed E-state index contributed by atoms with van der Waals surface area (Å²) < 4.78 is 5.26. The second-order valence-electron chi connectivity index (χ2n) is 3.03. The number of halogens is 1. The number of likely N-dealkylation sites (tertiary alicyclic amines) is 1. The number of alkyl halides is 1. The molecule has 1 heterocycles. The van der Waals surface area contributed by atoms with Gasteiger partial charge < -0.3 is 4.74 Å². The Bertz CT molecular complexity index is 149. The molecule has 0 aliphatic carbocycles. The molecule has 0 radical (unpaired) electrons. The molecule has 1 atom stereocenters. The monoisotopic (exact) mass is 189 g/mol. The fourth-order valence-corrected chi connectivity index (χ4v) is 1.57. The lowest BCUT2D eigenvalue weighted by Crippen LogP contribution is -2.22. The normalized spacial score (nSPS) is 25.7. The highest BCUT2D eigenvalue weighted by atomic mass is 35.5. The zero-order valence-electron chi connectivity index (χ0n) is 7.50. The van der Waals surface area contributed by atoms with Crippen LogP contribution >= 0.6 is 11.6 Å². The van der Waals surface area contributed by atoms with Crippen LogP contribution in [0.2, 0.25) is 0 Å². The van der Waals surface area contributed by atoms with Gasteiger partial charge in [0.05, 0.1) is 6.10 Å². The maximum Gasteiger partial charge on any atom is 0.0710 e. The molecular formula is C9H16ClNO. The van der Waals surface area contributed by atoms with Crippen molar-refractivity contribution in [1.82, 2.24) is 4.90 Å². The average Bonchev–Trinajstić information content (AvgIpc) is 2.53. The number of methoxy groups -OCH3 is 1. The van der Waals surface area contributed by atoms with Crippen molar-refractivity contribution in [2.45, 2.75) is 12.5 Å². The zero-order valence-corrected chi connectivity index (χ0v) is 8.26. The van der Waals surface area contributed by atoms with Crippen LogP contribution in [0.5, 0.6) is 0 Å². The van der Waals surface area contributed by atoms with Gasteiger partial charge in [-0.15, -0.1) is 11.6 Å². The number of allylic oxidation sites excluding steroid dienone is 1. The zero-order chi connectivity index (χ0) is 8.81. The minimum Gasteiger partial charge on any atom is -0.380 e. The van der Waals surface area contributed by atoms with Gasteiger partial charge in [-0.3, -0.25) is 4.90 Å². The van der Waals surface area contributed by atoms with Gasteiger partial charge in [0.1, 0.15) is 0 Å². The summed E-state index contributed by atoms with van der Waals surface area (Å²) in [6, 6.07) is 0. The summed E-state index contributed by atoms with van der Waals surface area (Å²) >= 11 is 5.51. The Labute approximate surface area is 79.1 Å². The molecule has 0 aromatic heterocycles. The lowest BCUT2D eigenvalue weighted by molar-refractivity contribution is 0.109. The van der Waals surface area contributed by atoms with E-state index in [1.165, 1.54) is 0 Å². The molecule has 0 aromatic rings. The highest BCUT2D eigenvalue weighted by Crippen LogP contribution is 2.10. The third kappa shape index (κ3) is 3.13. The SMILES string of the molecule is COC1CCN(C/C=C/CCl)C1. The Morgan fingerprint density at radius 3 is 3.00 bits per heavy atom. The van der Waals surface area contributed by atoms with Crippen LogP contribution in [-0.4, -0.2) is 43.6 Å². The lowest BCUT2D eigenvalue weighted by Gasteiger charge is -2.12. The largest absolute Gasteiger partial charge is 0.380 e. The first-order chi connectivity index (χ1) is 5.86. The smallest absolute Gasteiger partial charge is 0.0710 e. The van der Waals surface area contributed by atoms with Crippen molar-refractivity contribution in [1.29, 1.82) is 0 Å². The summed E-state index contributed by atoms with van der Waals surface area (Å²) in [6.07, 6.45) is 5.70. The van der Waals surface area contributed by atoms with E-state index in [9.17, 15) is 0 Å². The highest BCUT2D eigenvalue weighted by molar-refractivity contribution is 6.18. The van der Waals surface area contributed by atoms with Crippen molar-refractivity contribution in [2.75, 3.05) is 32.6 Å². The van der Waals surface area contributed by atoms with Crippen LogP contribution in [0.3, 0.4) is 0 Å². The number of hydrogen-bond donors (Lipinski definition) is 0. The van der Waals surface area contributed by atoms with Gasteiger partial charge >= 0.3 is 0 Å². The molecule has 0 saturated carbocycles. The fraction of sp³-hybridized carbons (Fsp3) is 0.778. The standard InChI is InChI=1S/C9H16ClNO/c1-12-9-4-7-11(8-9)6-3-2-5-10/h2-3,9H,4-8H2,1H3/b3-2+. The average molecular weight is 190 g/mol. The van der Waals surface area contributed by atoms with Crippen LogP contribution in [0.15, 0.2) is 12.2 Å². The van der Waals surface area contributed by atoms with Crippen LogP contribution in [0.1, 0.15) is 6.42 Å². The molecule has 1 fully saturated rings. The Kier molecular flexibility index (Phi) is 4.66. The van der Waals surface area contributed by atoms with Gasteiger partial charge in [-0.2, -0.15) is 0 Å². The molecule has 3 heteroatoms. The maximum atomic E-state index is 5.51. The van der Waals surface area contributed by atoms with E-state index in [0.717, 1.165) is 26.1 Å². The predicted molar refractivity (Wildman–Crippen MR) is 51.7 cm³/mol. The van der Waals surface area contributed by atoms with E-state index in [2.05, 4.69) is 11.0 Å². The minimum atomic E-state index is 0.439. The number of rotatable bonds is 4. The molecule has 1 aliphatic rings. The van der Waals surface area contributed by atoms with E-state index >= 15 is 0 Å². The second-order valence-corrected chi connectivity index (χ2v) is 3.34. The van der Waals surface area contributed by atoms with Crippen LogP contribution < -0.4 is 0 Å². The summed E-state index contributed by atoms with van der Waals surface area (Å²) in [5.41, 5.74) is 0. The molecule has 1 saturated heterocycles. The molecule has 12 heavy (non-hydrogen) atoms. The van der Waals surface area contributed by atoms with Gasteiger partial charge in [-0.25, -0.2) is 0 Å². The summed E-state index contributed by atoms with van der Waals surface area (Å²) in [7, 11) is 1.78. The highest BCUT2D eigenvalue weighted by Gasteiger charge is 2.20. The third-order valence-corrected chi connectivity index (χ3v) is 2.36. The van der Waals surface area contributed by atoms with Crippen LogP contribution in [0, 0.1) is 0 Å². The van der Waals surface area contributed by atoms with Crippen molar-refractivity contribution in [3.63, 3.8) is 0 Å². The van der Waals surface area contributed by atoms with Crippen molar-refractivity contribution in [3.8, 4) is 0 Å². The first-order valence-corrected chi connectivity index (χ1v) is 4.86. The van der Waals surface area contributed by atoms with Gasteiger partial charge in [-0.05, 0) is 6.42 Å². The number of hydrogen-bond acceptors (Lipinski definition) is 2. The lowest BCUT2D eigenvalue weighted by atomic mass is 10.3. The van der Waals surface area contributed by atoms with Crippen LogP contribution in [0.25, 0.3) is 0 Å². The van der Waals surface area contributed by atoms with Gasteiger partial charge in [0.25, 0.3) is 0 Å². The Balaban J connectivity index is 2.14. The molecule has 0 N–H and O–H groups in total. The maximum absolute atomic E-state index is 5.51. The summed E-state index contributed by atoms with van der Waals surface area (Å²) in [5, 5.41) is 0. The summed E-state index contributed by atoms with van der Waals surface area (Å²) in [5.74, 6) is 0.613.